The van der Waals surface area contributed by atoms with Gasteiger partial charge in [-0.2, -0.15) is 0 Å². The smallest absolute Gasteiger partial charge is 0.248 e. The fourth-order valence-electron chi connectivity index (χ4n) is 3.20. The maximum Gasteiger partial charge on any atom is 0.248 e. The van der Waals surface area contributed by atoms with Crippen LogP contribution in [0.5, 0.6) is 0 Å². The number of fused-ring (bicyclic) bond motifs is 1. The highest BCUT2D eigenvalue weighted by atomic mass is 35.5. The number of carbonyl (C=O) groups excluding carboxylic acids is 2. The summed E-state index contributed by atoms with van der Waals surface area (Å²) in [6.45, 7) is 0.731. The Balaban J connectivity index is 1.47. The fourth-order valence-corrected chi connectivity index (χ4v) is 3.39. The number of hydrogen-bond donors (Lipinski definition) is 1. The van der Waals surface area contributed by atoms with Gasteiger partial charge in [-0.15, -0.1) is 0 Å². The molecule has 26 heavy (non-hydrogen) atoms. The van der Waals surface area contributed by atoms with Crippen LogP contribution < -0.4 is 10.2 Å². The molecule has 4 rings (SSSR count). The van der Waals surface area contributed by atoms with Gasteiger partial charge in [0.1, 0.15) is 0 Å². The Morgan fingerprint density at radius 1 is 1.15 bits per heavy atom. The molecule has 0 unspecified atom stereocenters. The highest BCUT2D eigenvalue weighted by Gasteiger charge is 2.36. The lowest BCUT2D eigenvalue weighted by Crippen LogP contribution is -2.30. The molecule has 1 saturated carbocycles. The molecule has 0 saturated heterocycles. The molecule has 1 aliphatic carbocycles. The third kappa shape index (κ3) is 3.51. The molecule has 2 aromatic carbocycles. The van der Waals surface area contributed by atoms with Crippen molar-refractivity contribution in [2.75, 3.05) is 16.8 Å². The monoisotopic (exact) mass is 366 g/mol. The predicted octanol–water partition coefficient (Wildman–Crippen LogP) is 4.29. The summed E-state index contributed by atoms with van der Waals surface area (Å²) >= 11 is 6.09. The number of carbonyl (C=O) groups is 2. The van der Waals surface area contributed by atoms with E-state index in [2.05, 4.69) is 5.32 Å². The predicted molar refractivity (Wildman–Crippen MR) is 104 cm³/mol. The lowest BCUT2D eigenvalue weighted by Gasteiger charge is -2.17. The molecule has 1 aliphatic heterocycles. The van der Waals surface area contributed by atoms with Gasteiger partial charge in [-0.05, 0) is 54.7 Å². The molecule has 1 heterocycles. The van der Waals surface area contributed by atoms with Crippen molar-refractivity contribution in [3.8, 4) is 0 Å². The Labute approximate surface area is 157 Å². The van der Waals surface area contributed by atoms with Gasteiger partial charge in [-0.1, -0.05) is 35.9 Å². The van der Waals surface area contributed by atoms with Gasteiger partial charge in [-0.25, -0.2) is 0 Å². The van der Waals surface area contributed by atoms with Crippen LogP contribution >= 0.6 is 11.6 Å². The number of hydrogen-bond acceptors (Lipinski definition) is 2. The Kier molecular flexibility index (Phi) is 4.51. The van der Waals surface area contributed by atoms with Crippen LogP contribution in [-0.4, -0.2) is 18.4 Å². The van der Waals surface area contributed by atoms with Crippen LogP contribution in [-0.2, 0) is 16.0 Å². The Bertz CT molecular complexity index is 903. The summed E-state index contributed by atoms with van der Waals surface area (Å²) in [5.74, 6) is 0.173. The zero-order chi connectivity index (χ0) is 18.1. The minimum absolute atomic E-state index is 0.192. The van der Waals surface area contributed by atoms with Gasteiger partial charge in [0.15, 0.2) is 0 Å². The molecule has 0 atom stereocenters. The normalized spacial score (nSPS) is 16.0. The van der Waals surface area contributed by atoms with E-state index >= 15 is 0 Å². The van der Waals surface area contributed by atoms with Crippen LogP contribution in [0.1, 0.15) is 24.0 Å². The zero-order valence-electron chi connectivity index (χ0n) is 14.2. The molecule has 0 radical (unpaired) electrons. The molecule has 1 N–H and O–H groups in total. The van der Waals surface area contributed by atoms with E-state index in [1.54, 1.807) is 12.1 Å². The molecule has 2 amide bonds. The third-order valence-corrected chi connectivity index (χ3v) is 5.10. The van der Waals surface area contributed by atoms with Gasteiger partial charge in [0, 0.05) is 34.9 Å². The maximum atomic E-state index is 12.4. The summed E-state index contributed by atoms with van der Waals surface area (Å²) in [5, 5.41) is 3.46. The third-order valence-electron chi connectivity index (χ3n) is 4.76. The van der Waals surface area contributed by atoms with Crippen LogP contribution in [0.3, 0.4) is 0 Å². The van der Waals surface area contributed by atoms with Crippen molar-refractivity contribution in [1.82, 2.24) is 0 Å². The van der Waals surface area contributed by atoms with Crippen molar-refractivity contribution >= 4 is 40.9 Å². The number of benzene rings is 2. The van der Waals surface area contributed by atoms with Crippen LogP contribution in [0.2, 0.25) is 5.02 Å². The molecule has 0 aromatic heterocycles. The second-order valence-corrected chi connectivity index (χ2v) is 7.11. The van der Waals surface area contributed by atoms with Crippen LogP contribution in [0.25, 0.3) is 6.08 Å². The van der Waals surface area contributed by atoms with E-state index in [1.165, 1.54) is 6.08 Å². The maximum absolute atomic E-state index is 12.4. The number of nitrogens with zero attached hydrogens (tertiary/aromatic N) is 1. The molecule has 4 nitrogen and oxygen atoms in total. The largest absolute Gasteiger partial charge is 0.322 e. The van der Waals surface area contributed by atoms with E-state index in [-0.39, 0.29) is 17.7 Å². The second-order valence-electron chi connectivity index (χ2n) is 6.70. The second kappa shape index (κ2) is 6.96. The molecule has 132 valence electrons. The van der Waals surface area contributed by atoms with Gasteiger partial charge in [0.25, 0.3) is 0 Å². The lowest BCUT2D eigenvalue weighted by molar-refractivity contribution is -0.119. The average molecular weight is 367 g/mol. The first-order valence-corrected chi connectivity index (χ1v) is 9.17. The number of rotatable bonds is 4. The quantitative estimate of drug-likeness (QED) is 0.820. The molecule has 1 fully saturated rings. The molecule has 2 aliphatic rings. The first-order chi connectivity index (χ1) is 12.6. The average Bonchev–Trinajstić information content (AvgIpc) is 3.40. The summed E-state index contributed by atoms with van der Waals surface area (Å²) in [6, 6.07) is 13.1. The summed E-state index contributed by atoms with van der Waals surface area (Å²) < 4.78 is 0. The number of halogens is 1. The summed E-state index contributed by atoms with van der Waals surface area (Å²) in [5.41, 5.74) is 3.56. The summed E-state index contributed by atoms with van der Waals surface area (Å²) in [7, 11) is 0. The number of anilines is 2. The Hall–Kier alpha value is -2.59. The Morgan fingerprint density at radius 3 is 2.73 bits per heavy atom. The van der Waals surface area contributed by atoms with Crippen molar-refractivity contribution in [2.45, 2.75) is 19.3 Å². The molecular weight excluding hydrogens is 348 g/mol. The molecule has 2 aromatic rings. The topological polar surface area (TPSA) is 49.4 Å². The van der Waals surface area contributed by atoms with Crippen molar-refractivity contribution < 1.29 is 9.59 Å². The van der Waals surface area contributed by atoms with E-state index in [1.807, 2.05) is 41.3 Å². The van der Waals surface area contributed by atoms with E-state index in [0.29, 0.717) is 10.7 Å². The lowest BCUT2D eigenvalue weighted by atomic mass is 10.1. The zero-order valence-corrected chi connectivity index (χ0v) is 15.0. The van der Waals surface area contributed by atoms with E-state index in [0.717, 1.165) is 42.6 Å². The highest BCUT2D eigenvalue weighted by Crippen LogP contribution is 2.37. The van der Waals surface area contributed by atoms with Gasteiger partial charge >= 0.3 is 0 Å². The first-order valence-electron chi connectivity index (χ1n) is 8.80. The number of nitrogens with one attached hydrogen (secondary N) is 1. The summed E-state index contributed by atoms with van der Waals surface area (Å²) in [4.78, 5) is 26.5. The Morgan fingerprint density at radius 2 is 1.96 bits per heavy atom. The van der Waals surface area contributed by atoms with Crippen molar-refractivity contribution in [3.05, 3.63) is 64.7 Å². The van der Waals surface area contributed by atoms with Gasteiger partial charge in [-0.3, -0.25) is 9.59 Å². The minimum Gasteiger partial charge on any atom is -0.322 e. The summed E-state index contributed by atoms with van der Waals surface area (Å²) in [6.07, 6.45) is 6.01. The molecule has 0 bridgehead atoms. The molecular formula is C21H19ClN2O2. The molecule has 0 spiro atoms. The van der Waals surface area contributed by atoms with E-state index in [4.69, 9.17) is 11.6 Å². The minimum atomic E-state index is -0.233. The number of amides is 2. The van der Waals surface area contributed by atoms with E-state index in [9.17, 15) is 9.59 Å². The standard InChI is InChI=1S/C21H19ClN2O2/c22-18-4-2-1-3-14(18)8-10-20(25)23-17-9-7-15-11-12-24(19(15)13-17)21(26)16-5-6-16/h1-4,7-10,13,16H,5-6,11-12H2,(H,23,25)/b10-8+. The van der Waals surface area contributed by atoms with Crippen molar-refractivity contribution in [2.24, 2.45) is 5.92 Å². The SMILES string of the molecule is O=C(/C=C/c1ccccc1Cl)Nc1ccc2c(c1)N(C(=O)C1CC1)CC2. The van der Waals surface area contributed by atoms with Crippen molar-refractivity contribution in [3.63, 3.8) is 0 Å². The fraction of sp³-hybridized carbons (Fsp3) is 0.238. The van der Waals surface area contributed by atoms with Crippen LogP contribution in [0, 0.1) is 5.92 Å². The van der Waals surface area contributed by atoms with Gasteiger partial charge in [0.2, 0.25) is 11.8 Å². The van der Waals surface area contributed by atoms with E-state index < -0.39 is 0 Å². The van der Waals surface area contributed by atoms with Crippen LogP contribution in [0.4, 0.5) is 11.4 Å². The van der Waals surface area contributed by atoms with Crippen LogP contribution in [0.15, 0.2) is 48.5 Å². The van der Waals surface area contributed by atoms with Gasteiger partial charge in [0.05, 0.1) is 0 Å². The molecule has 5 heteroatoms. The first kappa shape index (κ1) is 16.9. The van der Waals surface area contributed by atoms with Gasteiger partial charge < -0.3 is 10.2 Å². The van der Waals surface area contributed by atoms with Crippen molar-refractivity contribution in [1.29, 1.82) is 0 Å². The highest BCUT2D eigenvalue weighted by molar-refractivity contribution is 6.32.